The van der Waals surface area contributed by atoms with Crippen molar-refractivity contribution in [2.45, 2.75) is 64.9 Å². The van der Waals surface area contributed by atoms with Gasteiger partial charge in [0.05, 0.1) is 0 Å². The minimum atomic E-state index is -0.441. The van der Waals surface area contributed by atoms with Crippen LogP contribution in [0.5, 0.6) is 0 Å². The van der Waals surface area contributed by atoms with Crippen LogP contribution in [0.2, 0.25) is 0 Å². The quantitative estimate of drug-likeness (QED) is 0.698. The van der Waals surface area contributed by atoms with E-state index in [1.807, 2.05) is 6.92 Å². The van der Waals surface area contributed by atoms with Crippen LogP contribution in [-0.4, -0.2) is 18.0 Å². The van der Waals surface area contributed by atoms with E-state index < -0.39 is 5.60 Å². The predicted molar refractivity (Wildman–Crippen MR) is 61.9 cm³/mol. The summed E-state index contributed by atoms with van der Waals surface area (Å²) in [5, 5.41) is 0. The fourth-order valence-electron chi connectivity index (χ4n) is 2.61. The number of carbonyl (C=O) groups excluding carboxylic acids is 1. The third-order valence-corrected chi connectivity index (χ3v) is 3.59. The molecule has 0 saturated heterocycles. The minimum Gasteiger partial charge on any atom is -0.367 e. The summed E-state index contributed by atoms with van der Waals surface area (Å²) in [6.45, 7) is 6.93. The highest BCUT2D eigenvalue weighted by Gasteiger charge is 2.44. The summed E-state index contributed by atoms with van der Waals surface area (Å²) in [4.78, 5) is 12.1. The van der Waals surface area contributed by atoms with Gasteiger partial charge in [0, 0.05) is 13.0 Å². The van der Waals surface area contributed by atoms with Crippen molar-refractivity contribution in [3.05, 3.63) is 0 Å². The number of carbonyl (C=O) groups is 1. The Hall–Kier alpha value is -0.370. The van der Waals surface area contributed by atoms with Gasteiger partial charge in [0.1, 0.15) is 5.60 Å². The van der Waals surface area contributed by atoms with Crippen LogP contribution in [0, 0.1) is 5.92 Å². The van der Waals surface area contributed by atoms with Gasteiger partial charge in [-0.05, 0) is 25.2 Å². The molecule has 2 atom stereocenters. The van der Waals surface area contributed by atoms with Crippen molar-refractivity contribution in [2.24, 2.45) is 5.92 Å². The summed E-state index contributed by atoms with van der Waals surface area (Å²) in [6, 6.07) is 0. The lowest BCUT2D eigenvalue weighted by Gasteiger charge is -2.41. The summed E-state index contributed by atoms with van der Waals surface area (Å²) in [6.07, 6.45) is 6.05. The molecule has 1 aliphatic carbocycles. The van der Waals surface area contributed by atoms with Crippen LogP contribution < -0.4 is 0 Å². The molecule has 0 aromatic heterocycles. The van der Waals surface area contributed by atoms with E-state index >= 15 is 0 Å². The van der Waals surface area contributed by atoms with Crippen molar-refractivity contribution in [1.82, 2.24) is 0 Å². The molecule has 1 saturated carbocycles. The van der Waals surface area contributed by atoms with E-state index in [0.29, 0.717) is 18.1 Å². The molecule has 2 heteroatoms. The second kappa shape index (κ2) is 5.64. The van der Waals surface area contributed by atoms with Crippen LogP contribution >= 0.6 is 0 Å². The summed E-state index contributed by atoms with van der Waals surface area (Å²) >= 11 is 0. The van der Waals surface area contributed by atoms with E-state index in [1.165, 1.54) is 6.42 Å². The van der Waals surface area contributed by atoms with Crippen molar-refractivity contribution in [3.63, 3.8) is 0 Å². The standard InChI is InChI=1S/C13H24O2/c1-4-10-15-13(12(14)5-2)9-7-6-8-11(13)3/h11H,4-10H2,1-3H3. The maximum Gasteiger partial charge on any atom is 0.164 e. The molecular weight excluding hydrogens is 188 g/mol. The summed E-state index contributed by atoms with van der Waals surface area (Å²) < 4.78 is 5.94. The highest BCUT2D eigenvalue weighted by atomic mass is 16.5. The number of hydrogen-bond donors (Lipinski definition) is 0. The Labute approximate surface area is 93.4 Å². The van der Waals surface area contributed by atoms with Gasteiger partial charge < -0.3 is 4.74 Å². The lowest BCUT2D eigenvalue weighted by atomic mass is 9.73. The molecule has 0 radical (unpaired) electrons. The van der Waals surface area contributed by atoms with Crippen LogP contribution in [-0.2, 0) is 9.53 Å². The molecule has 0 amide bonds. The average Bonchev–Trinajstić information content (AvgIpc) is 2.27. The molecule has 0 spiro atoms. The molecule has 88 valence electrons. The monoisotopic (exact) mass is 212 g/mol. The van der Waals surface area contributed by atoms with Crippen molar-refractivity contribution in [2.75, 3.05) is 6.61 Å². The lowest BCUT2D eigenvalue weighted by molar-refractivity contribution is -0.158. The third-order valence-electron chi connectivity index (χ3n) is 3.59. The predicted octanol–water partition coefficient (Wildman–Crippen LogP) is 3.34. The van der Waals surface area contributed by atoms with Gasteiger partial charge in [-0.25, -0.2) is 0 Å². The molecule has 0 aromatic rings. The molecule has 0 aromatic carbocycles. The van der Waals surface area contributed by atoms with Gasteiger partial charge in [-0.15, -0.1) is 0 Å². The first-order valence-electron chi connectivity index (χ1n) is 6.34. The molecule has 0 aliphatic heterocycles. The molecule has 0 N–H and O–H groups in total. The summed E-state index contributed by atoms with van der Waals surface area (Å²) in [5.74, 6) is 0.702. The van der Waals surface area contributed by atoms with Gasteiger partial charge in [0.25, 0.3) is 0 Å². The molecule has 1 aliphatic rings. The topological polar surface area (TPSA) is 26.3 Å². The van der Waals surface area contributed by atoms with Gasteiger partial charge in [-0.2, -0.15) is 0 Å². The van der Waals surface area contributed by atoms with Gasteiger partial charge >= 0.3 is 0 Å². The molecule has 15 heavy (non-hydrogen) atoms. The van der Waals surface area contributed by atoms with Crippen molar-refractivity contribution in [1.29, 1.82) is 0 Å². The van der Waals surface area contributed by atoms with Crippen molar-refractivity contribution in [3.8, 4) is 0 Å². The Balaban J connectivity index is 2.77. The number of ether oxygens (including phenoxy) is 1. The zero-order valence-corrected chi connectivity index (χ0v) is 10.3. The van der Waals surface area contributed by atoms with Gasteiger partial charge in [-0.1, -0.05) is 33.6 Å². The molecule has 1 rings (SSSR count). The first-order valence-corrected chi connectivity index (χ1v) is 6.34. The van der Waals surface area contributed by atoms with E-state index in [4.69, 9.17) is 4.74 Å². The first kappa shape index (κ1) is 12.7. The fourth-order valence-corrected chi connectivity index (χ4v) is 2.61. The number of Topliss-reactive ketones (excluding diaryl/α,β-unsaturated/α-hetero) is 1. The van der Waals surface area contributed by atoms with Crippen LogP contribution in [0.15, 0.2) is 0 Å². The Morgan fingerprint density at radius 3 is 2.67 bits per heavy atom. The zero-order valence-electron chi connectivity index (χ0n) is 10.3. The van der Waals surface area contributed by atoms with Crippen molar-refractivity contribution >= 4 is 5.78 Å². The smallest absolute Gasteiger partial charge is 0.164 e. The van der Waals surface area contributed by atoms with Gasteiger partial charge in [0.2, 0.25) is 0 Å². The van der Waals surface area contributed by atoms with Crippen LogP contribution in [0.1, 0.15) is 59.3 Å². The molecule has 2 unspecified atom stereocenters. The molecular formula is C13H24O2. The summed E-state index contributed by atoms with van der Waals surface area (Å²) in [7, 11) is 0. The Kier molecular flexibility index (Phi) is 4.78. The first-order chi connectivity index (χ1) is 7.17. The van der Waals surface area contributed by atoms with E-state index in [9.17, 15) is 4.79 Å². The maximum atomic E-state index is 12.1. The molecule has 1 fully saturated rings. The fraction of sp³-hybridized carbons (Fsp3) is 0.923. The van der Waals surface area contributed by atoms with E-state index in [-0.39, 0.29) is 0 Å². The lowest BCUT2D eigenvalue weighted by Crippen LogP contribution is -2.49. The number of ketones is 1. The normalized spacial score (nSPS) is 31.5. The summed E-state index contributed by atoms with van der Waals surface area (Å²) in [5.41, 5.74) is -0.441. The van der Waals surface area contributed by atoms with Crippen LogP contribution in [0.25, 0.3) is 0 Å². The van der Waals surface area contributed by atoms with Crippen molar-refractivity contribution < 1.29 is 9.53 Å². The van der Waals surface area contributed by atoms with Gasteiger partial charge in [-0.3, -0.25) is 4.79 Å². The van der Waals surface area contributed by atoms with E-state index in [1.54, 1.807) is 0 Å². The number of rotatable bonds is 5. The van der Waals surface area contributed by atoms with Gasteiger partial charge in [0.15, 0.2) is 5.78 Å². The highest BCUT2D eigenvalue weighted by molar-refractivity contribution is 5.87. The third kappa shape index (κ3) is 2.60. The molecule has 0 bridgehead atoms. The average molecular weight is 212 g/mol. The van der Waals surface area contributed by atoms with Crippen LogP contribution in [0.4, 0.5) is 0 Å². The van der Waals surface area contributed by atoms with E-state index in [2.05, 4.69) is 13.8 Å². The Morgan fingerprint density at radius 2 is 2.13 bits per heavy atom. The molecule has 0 heterocycles. The number of hydrogen-bond acceptors (Lipinski definition) is 2. The van der Waals surface area contributed by atoms with E-state index in [0.717, 1.165) is 32.3 Å². The zero-order chi connectivity index (χ0) is 11.3. The second-order valence-electron chi connectivity index (χ2n) is 4.66. The Morgan fingerprint density at radius 1 is 1.40 bits per heavy atom. The largest absolute Gasteiger partial charge is 0.367 e. The minimum absolute atomic E-state index is 0.308. The Bertz CT molecular complexity index is 213. The van der Waals surface area contributed by atoms with Crippen LogP contribution in [0.3, 0.4) is 0 Å². The maximum absolute atomic E-state index is 12.1. The highest BCUT2D eigenvalue weighted by Crippen LogP contribution is 2.38. The molecule has 2 nitrogen and oxygen atoms in total. The SMILES string of the molecule is CCCOC1(C(=O)CC)CCCCC1C. The second-order valence-corrected chi connectivity index (χ2v) is 4.66.